The number of amides is 1. The van der Waals surface area contributed by atoms with Crippen molar-refractivity contribution in [2.75, 3.05) is 0 Å². The van der Waals surface area contributed by atoms with Crippen molar-refractivity contribution in [1.82, 2.24) is 5.32 Å². The summed E-state index contributed by atoms with van der Waals surface area (Å²) in [6.07, 6.45) is 2.41. The second-order valence-electron chi connectivity index (χ2n) is 7.98. The molecule has 0 aromatic heterocycles. The smallest absolute Gasteiger partial charge is 0.408 e. The van der Waals surface area contributed by atoms with Crippen molar-refractivity contribution in [3.05, 3.63) is 30.3 Å². The number of carbonyl (C=O) groups is 2. The van der Waals surface area contributed by atoms with Gasteiger partial charge in [-0.05, 0) is 59.6 Å². The highest BCUT2D eigenvalue weighted by atomic mass is 16.6. The van der Waals surface area contributed by atoms with Crippen LogP contribution in [0.1, 0.15) is 67.2 Å². The molecule has 6 heteroatoms. The maximum Gasteiger partial charge on any atom is 0.408 e. The van der Waals surface area contributed by atoms with Crippen molar-refractivity contribution in [3.63, 3.8) is 0 Å². The van der Waals surface area contributed by atoms with Gasteiger partial charge in [0.25, 0.3) is 0 Å². The van der Waals surface area contributed by atoms with Gasteiger partial charge in [-0.25, -0.2) is 9.59 Å². The van der Waals surface area contributed by atoms with Crippen molar-refractivity contribution in [2.45, 2.75) is 91.1 Å². The third-order valence-corrected chi connectivity index (χ3v) is 4.04. The van der Waals surface area contributed by atoms with E-state index in [0.717, 1.165) is 25.0 Å². The van der Waals surface area contributed by atoms with Crippen LogP contribution in [0, 0.1) is 0 Å². The van der Waals surface area contributed by atoms with E-state index in [1.54, 1.807) is 27.7 Å². The molecule has 0 heterocycles. The van der Waals surface area contributed by atoms with Crippen LogP contribution >= 0.6 is 0 Å². The minimum absolute atomic E-state index is 0.308. The number of benzene rings is 1. The molecule has 0 saturated heterocycles. The Hall–Kier alpha value is -2.24. The summed E-state index contributed by atoms with van der Waals surface area (Å²) in [4.78, 5) is 24.4. The number of carbonyl (C=O) groups excluding carboxylic acids is 2. The number of unbranched alkanes of at least 4 members (excludes halogenated alkanes) is 2. The Bertz CT molecular complexity index is 597. The van der Waals surface area contributed by atoms with E-state index in [1.165, 1.54) is 0 Å². The molecule has 0 radical (unpaired) electrons. The Kier molecular flexibility index (Phi) is 9.83. The van der Waals surface area contributed by atoms with Gasteiger partial charge in [-0.2, -0.15) is 0 Å². The SMILES string of the molecule is CCCCC[C@@H](OC(=O)[C@H](C)NC(=O)OC(C)(C)C)[C@@H](C)Oc1ccccc1. The van der Waals surface area contributed by atoms with Crippen LogP contribution in [0.3, 0.4) is 0 Å². The number of para-hydroxylation sites is 1. The number of rotatable bonds is 10. The summed E-state index contributed by atoms with van der Waals surface area (Å²) in [5, 5.41) is 2.52. The van der Waals surface area contributed by atoms with Gasteiger partial charge in [0, 0.05) is 0 Å². The number of hydrogen-bond donors (Lipinski definition) is 1. The number of hydrogen-bond acceptors (Lipinski definition) is 5. The van der Waals surface area contributed by atoms with Crippen molar-refractivity contribution in [1.29, 1.82) is 0 Å². The van der Waals surface area contributed by atoms with Crippen LogP contribution in [-0.2, 0) is 14.3 Å². The van der Waals surface area contributed by atoms with Gasteiger partial charge in [0.05, 0.1) is 0 Å². The second kappa shape index (κ2) is 11.6. The zero-order chi connectivity index (χ0) is 21.2. The zero-order valence-electron chi connectivity index (χ0n) is 18.0. The van der Waals surface area contributed by atoms with Gasteiger partial charge in [0.2, 0.25) is 0 Å². The maximum atomic E-state index is 12.5. The maximum absolute atomic E-state index is 12.5. The number of alkyl carbamates (subject to hydrolysis) is 1. The van der Waals surface area contributed by atoms with Gasteiger partial charge < -0.3 is 19.5 Å². The predicted molar refractivity (Wildman–Crippen MR) is 109 cm³/mol. The minimum Gasteiger partial charge on any atom is -0.487 e. The normalized spacial score (nSPS) is 14.5. The molecule has 158 valence electrons. The number of ether oxygens (including phenoxy) is 3. The van der Waals surface area contributed by atoms with E-state index >= 15 is 0 Å². The molecule has 0 spiro atoms. The van der Waals surface area contributed by atoms with Gasteiger partial charge in [0.1, 0.15) is 29.6 Å². The van der Waals surface area contributed by atoms with Crippen LogP contribution in [0.2, 0.25) is 0 Å². The lowest BCUT2D eigenvalue weighted by atomic mass is 10.1. The fourth-order valence-corrected chi connectivity index (χ4v) is 2.57. The molecule has 3 atom stereocenters. The molecule has 0 fully saturated rings. The first kappa shape index (κ1) is 23.8. The highest BCUT2D eigenvalue weighted by molar-refractivity contribution is 5.81. The lowest BCUT2D eigenvalue weighted by molar-refractivity contribution is -0.156. The van der Waals surface area contributed by atoms with Crippen molar-refractivity contribution in [3.8, 4) is 5.75 Å². The molecular weight excluding hydrogens is 358 g/mol. The molecule has 1 aromatic carbocycles. The lowest BCUT2D eigenvalue weighted by Crippen LogP contribution is -2.45. The summed E-state index contributed by atoms with van der Waals surface area (Å²) in [5.41, 5.74) is -0.631. The fraction of sp³-hybridized carbons (Fsp3) is 0.636. The first-order chi connectivity index (χ1) is 13.1. The standard InChI is InChI=1S/C22H35NO5/c1-7-8-10-15-19(17(3)26-18-13-11-9-12-14-18)27-20(24)16(2)23-21(25)28-22(4,5)6/h9,11-14,16-17,19H,7-8,10,15H2,1-6H3,(H,23,25)/t16-,17+,19+/m0/s1. The van der Waals surface area contributed by atoms with Crippen LogP contribution in [-0.4, -0.2) is 35.9 Å². The second-order valence-corrected chi connectivity index (χ2v) is 7.98. The summed E-state index contributed by atoms with van der Waals surface area (Å²) in [6.45, 7) is 10.9. The lowest BCUT2D eigenvalue weighted by Gasteiger charge is -2.27. The summed E-state index contributed by atoms with van der Waals surface area (Å²) in [5.74, 6) is 0.224. The largest absolute Gasteiger partial charge is 0.487 e. The van der Waals surface area contributed by atoms with Gasteiger partial charge in [0.15, 0.2) is 0 Å². The summed E-state index contributed by atoms with van der Waals surface area (Å²) < 4.78 is 16.8. The van der Waals surface area contributed by atoms with Gasteiger partial charge in [-0.3, -0.25) is 0 Å². The Morgan fingerprint density at radius 1 is 1.07 bits per heavy atom. The molecule has 0 aliphatic rings. The van der Waals surface area contributed by atoms with E-state index in [0.29, 0.717) is 6.42 Å². The van der Waals surface area contributed by atoms with E-state index < -0.39 is 29.8 Å². The summed E-state index contributed by atoms with van der Waals surface area (Å²) in [7, 11) is 0. The Morgan fingerprint density at radius 3 is 2.29 bits per heavy atom. The molecule has 28 heavy (non-hydrogen) atoms. The van der Waals surface area contributed by atoms with Crippen molar-refractivity contribution >= 4 is 12.1 Å². The van der Waals surface area contributed by atoms with Crippen molar-refractivity contribution < 1.29 is 23.8 Å². The molecule has 0 aliphatic heterocycles. The summed E-state index contributed by atoms with van der Waals surface area (Å²) in [6, 6.07) is 8.63. The number of esters is 1. The van der Waals surface area contributed by atoms with Crippen LogP contribution in [0.5, 0.6) is 5.75 Å². The Balaban J connectivity index is 2.67. The molecule has 1 rings (SSSR count). The van der Waals surface area contributed by atoms with E-state index in [1.807, 2.05) is 37.3 Å². The monoisotopic (exact) mass is 393 g/mol. The van der Waals surface area contributed by atoms with Gasteiger partial charge in [-0.1, -0.05) is 38.0 Å². The average molecular weight is 394 g/mol. The van der Waals surface area contributed by atoms with Crippen LogP contribution < -0.4 is 10.1 Å². The van der Waals surface area contributed by atoms with Crippen LogP contribution in [0.4, 0.5) is 4.79 Å². The summed E-state index contributed by atoms with van der Waals surface area (Å²) >= 11 is 0. The van der Waals surface area contributed by atoms with E-state index in [-0.39, 0.29) is 6.10 Å². The molecule has 1 amide bonds. The predicted octanol–water partition coefficient (Wildman–Crippen LogP) is 4.86. The minimum atomic E-state index is -0.813. The van der Waals surface area contributed by atoms with Gasteiger partial charge >= 0.3 is 12.1 Å². The fourth-order valence-electron chi connectivity index (χ4n) is 2.57. The number of nitrogens with one attached hydrogen (secondary N) is 1. The average Bonchev–Trinajstić information content (AvgIpc) is 2.59. The topological polar surface area (TPSA) is 73.9 Å². The highest BCUT2D eigenvalue weighted by Gasteiger charge is 2.27. The third-order valence-electron chi connectivity index (χ3n) is 4.04. The van der Waals surface area contributed by atoms with E-state index in [4.69, 9.17) is 14.2 Å². The Morgan fingerprint density at radius 2 is 1.71 bits per heavy atom. The quantitative estimate of drug-likeness (QED) is 0.454. The highest BCUT2D eigenvalue weighted by Crippen LogP contribution is 2.18. The Labute approximate surface area is 168 Å². The van der Waals surface area contributed by atoms with E-state index in [2.05, 4.69) is 12.2 Å². The van der Waals surface area contributed by atoms with Crippen LogP contribution in [0.25, 0.3) is 0 Å². The van der Waals surface area contributed by atoms with Gasteiger partial charge in [-0.15, -0.1) is 0 Å². The molecule has 0 aliphatic carbocycles. The molecular formula is C22H35NO5. The molecule has 1 aromatic rings. The molecule has 1 N–H and O–H groups in total. The van der Waals surface area contributed by atoms with E-state index in [9.17, 15) is 9.59 Å². The molecule has 0 unspecified atom stereocenters. The molecule has 6 nitrogen and oxygen atoms in total. The molecule has 0 bridgehead atoms. The zero-order valence-corrected chi connectivity index (χ0v) is 18.0. The van der Waals surface area contributed by atoms with Crippen molar-refractivity contribution in [2.24, 2.45) is 0 Å². The first-order valence-electron chi connectivity index (χ1n) is 10.0. The van der Waals surface area contributed by atoms with Crippen LogP contribution in [0.15, 0.2) is 30.3 Å². The third kappa shape index (κ3) is 9.62. The molecule has 0 saturated carbocycles. The first-order valence-corrected chi connectivity index (χ1v) is 10.0.